The van der Waals surface area contributed by atoms with Crippen molar-refractivity contribution in [1.82, 2.24) is 15.1 Å². The first-order valence-electron chi connectivity index (χ1n) is 8.52. The van der Waals surface area contributed by atoms with Gasteiger partial charge in [-0.1, -0.05) is 23.2 Å². The van der Waals surface area contributed by atoms with Crippen LogP contribution in [0.15, 0.2) is 46.2 Å². The molecule has 0 saturated heterocycles. The van der Waals surface area contributed by atoms with Gasteiger partial charge in [0.1, 0.15) is 10.3 Å². The van der Waals surface area contributed by atoms with Crippen LogP contribution >= 0.6 is 39.1 Å². The van der Waals surface area contributed by atoms with Gasteiger partial charge in [-0.05, 0) is 65.8 Å². The number of carbonyl (C=O) groups is 2. The van der Waals surface area contributed by atoms with E-state index in [1.165, 1.54) is 24.0 Å². The van der Waals surface area contributed by atoms with Gasteiger partial charge in [-0.2, -0.15) is 5.10 Å². The van der Waals surface area contributed by atoms with Crippen LogP contribution in [0.1, 0.15) is 39.4 Å². The summed E-state index contributed by atoms with van der Waals surface area (Å²) in [6, 6.07) is 4.31. The van der Waals surface area contributed by atoms with Crippen molar-refractivity contribution < 1.29 is 9.59 Å². The van der Waals surface area contributed by atoms with Crippen molar-refractivity contribution in [3.8, 4) is 0 Å². The first kappa shape index (κ1) is 23.0. The molecule has 1 aromatic carbocycles. The van der Waals surface area contributed by atoms with Gasteiger partial charge in [0.15, 0.2) is 0 Å². The van der Waals surface area contributed by atoms with E-state index in [1.54, 1.807) is 38.1 Å². The van der Waals surface area contributed by atoms with Crippen molar-refractivity contribution in [2.45, 2.75) is 19.9 Å². The smallest absolute Gasteiger partial charge is 0.274 e. The van der Waals surface area contributed by atoms with E-state index in [0.29, 0.717) is 25.9 Å². The average Bonchev–Trinajstić information content (AvgIpc) is 3.08. The number of aryl methyl sites for hydroxylation is 1. The molecule has 0 aliphatic heterocycles. The molecule has 1 atom stereocenters. The fourth-order valence-corrected chi connectivity index (χ4v) is 3.46. The predicted octanol–water partition coefficient (Wildman–Crippen LogP) is 4.38. The SMILES string of the molecule is CNC(=O)c1cc(Cl)cc(C)c1NC(=O)c1cc(Br)nn1C(C)/C(Cl)=C\C=C/N. The summed E-state index contributed by atoms with van der Waals surface area (Å²) >= 11 is 15.7. The monoisotopic (exact) mass is 499 g/mol. The molecule has 10 heteroatoms. The molecule has 154 valence electrons. The Hall–Kier alpha value is -2.29. The van der Waals surface area contributed by atoms with Crippen LogP contribution in [0.5, 0.6) is 0 Å². The predicted molar refractivity (Wildman–Crippen MR) is 119 cm³/mol. The molecule has 0 fully saturated rings. The molecule has 0 aliphatic rings. The zero-order valence-electron chi connectivity index (χ0n) is 16.0. The molecule has 0 radical (unpaired) electrons. The Morgan fingerprint density at radius 3 is 2.62 bits per heavy atom. The maximum atomic E-state index is 13.0. The van der Waals surface area contributed by atoms with E-state index in [-0.39, 0.29) is 17.2 Å². The average molecular weight is 501 g/mol. The van der Waals surface area contributed by atoms with Crippen LogP contribution in [0.2, 0.25) is 5.02 Å². The Morgan fingerprint density at radius 2 is 2.00 bits per heavy atom. The van der Waals surface area contributed by atoms with Crippen LogP contribution in [0, 0.1) is 6.92 Å². The number of anilines is 1. The third-order valence-electron chi connectivity index (χ3n) is 4.08. The van der Waals surface area contributed by atoms with Crippen molar-refractivity contribution in [1.29, 1.82) is 0 Å². The largest absolute Gasteiger partial charge is 0.405 e. The lowest BCUT2D eigenvalue weighted by Gasteiger charge is -2.17. The number of benzene rings is 1. The van der Waals surface area contributed by atoms with Gasteiger partial charge in [0.2, 0.25) is 0 Å². The highest BCUT2D eigenvalue weighted by atomic mass is 79.9. The lowest BCUT2D eigenvalue weighted by atomic mass is 10.1. The number of allylic oxidation sites excluding steroid dienone is 3. The second kappa shape index (κ2) is 9.96. The van der Waals surface area contributed by atoms with Crippen molar-refractivity contribution >= 4 is 56.6 Å². The van der Waals surface area contributed by atoms with E-state index in [9.17, 15) is 9.59 Å². The van der Waals surface area contributed by atoms with Crippen LogP contribution in [0.3, 0.4) is 0 Å². The molecule has 4 N–H and O–H groups in total. The Balaban J connectivity index is 2.45. The normalized spacial score (nSPS) is 12.8. The van der Waals surface area contributed by atoms with Crippen molar-refractivity contribution in [3.05, 3.63) is 68.0 Å². The molecule has 0 aliphatic carbocycles. The highest BCUT2D eigenvalue weighted by Gasteiger charge is 2.23. The standard InChI is InChI=1S/C19H20BrCl2N5O2/c1-10-7-12(21)8-13(18(28)24-3)17(10)25-19(29)15-9-16(20)26-27(15)11(2)14(22)5-4-6-23/h4-9,11H,23H2,1-3H3,(H,24,28)(H,25,29)/b6-4-,14-5+. The van der Waals surface area contributed by atoms with Crippen molar-refractivity contribution in [2.24, 2.45) is 5.73 Å². The molecule has 29 heavy (non-hydrogen) atoms. The molecule has 2 rings (SSSR count). The summed E-state index contributed by atoms with van der Waals surface area (Å²) in [6.07, 6.45) is 4.56. The van der Waals surface area contributed by atoms with E-state index in [2.05, 4.69) is 31.7 Å². The summed E-state index contributed by atoms with van der Waals surface area (Å²) in [5, 5.41) is 10.5. The Morgan fingerprint density at radius 1 is 1.31 bits per heavy atom. The van der Waals surface area contributed by atoms with E-state index in [0.717, 1.165) is 0 Å². The van der Waals surface area contributed by atoms with E-state index in [1.807, 2.05) is 0 Å². The molecule has 0 saturated carbocycles. The molecular weight excluding hydrogens is 481 g/mol. The van der Waals surface area contributed by atoms with Crippen LogP contribution in [-0.2, 0) is 0 Å². The lowest BCUT2D eigenvalue weighted by molar-refractivity contribution is 0.0964. The highest BCUT2D eigenvalue weighted by molar-refractivity contribution is 9.10. The Labute approximate surface area is 187 Å². The van der Waals surface area contributed by atoms with Gasteiger partial charge in [-0.3, -0.25) is 14.3 Å². The molecule has 2 amide bonds. The lowest BCUT2D eigenvalue weighted by Crippen LogP contribution is -2.24. The first-order valence-corrected chi connectivity index (χ1v) is 10.1. The highest BCUT2D eigenvalue weighted by Crippen LogP contribution is 2.28. The zero-order chi connectivity index (χ0) is 21.7. The molecule has 1 heterocycles. The molecule has 0 bridgehead atoms. The maximum absolute atomic E-state index is 13.0. The number of nitrogens with two attached hydrogens (primary N) is 1. The molecule has 7 nitrogen and oxygen atoms in total. The number of carbonyl (C=O) groups excluding carboxylic acids is 2. The van der Waals surface area contributed by atoms with E-state index < -0.39 is 11.9 Å². The zero-order valence-corrected chi connectivity index (χ0v) is 19.1. The van der Waals surface area contributed by atoms with Crippen molar-refractivity contribution in [3.63, 3.8) is 0 Å². The Bertz CT molecular complexity index is 1000. The summed E-state index contributed by atoms with van der Waals surface area (Å²) in [4.78, 5) is 25.3. The van der Waals surface area contributed by atoms with E-state index in [4.69, 9.17) is 28.9 Å². The van der Waals surface area contributed by atoms with E-state index >= 15 is 0 Å². The minimum Gasteiger partial charge on any atom is -0.405 e. The quantitative estimate of drug-likeness (QED) is 0.512. The third-order valence-corrected chi connectivity index (χ3v) is 5.13. The summed E-state index contributed by atoms with van der Waals surface area (Å²) < 4.78 is 1.95. The van der Waals surface area contributed by atoms with Gasteiger partial charge in [0.05, 0.1) is 17.3 Å². The number of nitrogens with one attached hydrogen (secondary N) is 2. The van der Waals surface area contributed by atoms with Crippen molar-refractivity contribution in [2.75, 3.05) is 12.4 Å². The number of hydrogen-bond acceptors (Lipinski definition) is 4. The molecule has 1 unspecified atom stereocenters. The van der Waals surface area contributed by atoms with Gasteiger partial charge < -0.3 is 16.4 Å². The Kier molecular flexibility index (Phi) is 7.89. The fourth-order valence-electron chi connectivity index (χ4n) is 2.63. The topological polar surface area (TPSA) is 102 Å². The number of rotatable bonds is 6. The number of amides is 2. The second-order valence-corrected chi connectivity index (χ2v) is 7.77. The first-order chi connectivity index (χ1) is 13.7. The second-order valence-electron chi connectivity index (χ2n) is 6.09. The molecular formula is C19H20BrCl2N5O2. The summed E-state index contributed by atoms with van der Waals surface area (Å²) in [5.41, 5.74) is 6.86. The van der Waals surface area contributed by atoms with Crippen LogP contribution in [0.25, 0.3) is 0 Å². The van der Waals surface area contributed by atoms with Gasteiger partial charge >= 0.3 is 0 Å². The van der Waals surface area contributed by atoms with Gasteiger partial charge in [-0.25, -0.2) is 0 Å². The van der Waals surface area contributed by atoms with Gasteiger partial charge in [-0.15, -0.1) is 0 Å². The maximum Gasteiger partial charge on any atom is 0.274 e. The fraction of sp³-hybridized carbons (Fsp3) is 0.211. The number of halogens is 3. The summed E-state index contributed by atoms with van der Waals surface area (Å²) in [5.74, 6) is -0.821. The molecule has 2 aromatic rings. The summed E-state index contributed by atoms with van der Waals surface area (Å²) in [7, 11) is 1.50. The molecule has 0 spiro atoms. The van der Waals surface area contributed by atoms with Crippen LogP contribution in [-0.4, -0.2) is 28.6 Å². The number of aromatic nitrogens is 2. The minimum atomic E-state index is -0.454. The van der Waals surface area contributed by atoms with Gasteiger partial charge in [0.25, 0.3) is 11.8 Å². The van der Waals surface area contributed by atoms with Crippen LogP contribution in [0.4, 0.5) is 5.69 Å². The third kappa shape index (κ3) is 5.41. The molecule has 1 aromatic heterocycles. The summed E-state index contributed by atoms with van der Waals surface area (Å²) in [6.45, 7) is 3.55. The minimum absolute atomic E-state index is 0.254. The number of nitrogens with zero attached hydrogens (tertiary/aromatic N) is 2. The van der Waals surface area contributed by atoms with Crippen LogP contribution < -0.4 is 16.4 Å². The number of hydrogen-bond donors (Lipinski definition) is 3. The van der Waals surface area contributed by atoms with Gasteiger partial charge in [0, 0.05) is 23.2 Å².